The molecule has 1 rings (SSSR count). The van der Waals surface area contributed by atoms with E-state index in [2.05, 4.69) is 5.32 Å². The van der Waals surface area contributed by atoms with E-state index in [0.717, 1.165) is 24.4 Å². The minimum Gasteiger partial charge on any atom is -0.393 e. The van der Waals surface area contributed by atoms with Gasteiger partial charge in [0.15, 0.2) is 0 Å². The standard InChI is InChI=1S/C12H19NO2S/c1-10(14)7-8-13-9-11-3-5-12(6-4-11)16(2)15/h3-6,10,13-14H,7-9H2,1-2H3. The van der Waals surface area contributed by atoms with Crippen LogP contribution in [0.1, 0.15) is 18.9 Å². The van der Waals surface area contributed by atoms with Gasteiger partial charge in [0.05, 0.1) is 6.10 Å². The molecule has 0 aliphatic carbocycles. The maximum absolute atomic E-state index is 11.2. The van der Waals surface area contributed by atoms with Gasteiger partial charge in [-0.1, -0.05) is 12.1 Å². The van der Waals surface area contributed by atoms with Gasteiger partial charge in [-0.3, -0.25) is 4.21 Å². The van der Waals surface area contributed by atoms with E-state index < -0.39 is 10.8 Å². The summed E-state index contributed by atoms with van der Waals surface area (Å²) in [6.07, 6.45) is 2.19. The molecule has 2 N–H and O–H groups in total. The van der Waals surface area contributed by atoms with E-state index in [0.29, 0.717) is 0 Å². The maximum Gasteiger partial charge on any atom is 0.0524 e. The summed E-state index contributed by atoms with van der Waals surface area (Å²) >= 11 is 0. The molecule has 2 unspecified atom stereocenters. The molecular weight excluding hydrogens is 222 g/mol. The monoisotopic (exact) mass is 241 g/mol. The van der Waals surface area contributed by atoms with Crippen LogP contribution in [0.5, 0.6) is 0 Å². The number of hydrogen-bond donors (Lipinski definition) is 2. The molecule has 1 aromatic carbocycles. The maximum atomic E-state index is 11.2. The fraction of sp³-hybridized carbons (Fsp3) is 0.500. The largest absolute Gasteiger partial charge is 0.393 e. The van der Waals surface area contributed by atoms with Crippen LogP contribution in [0.3, 0.4) is 0 Å². The second-order valence-electron chi connectivity index (χ2n) is 3.91. The summed E-state index contributed by atoms with van der Waals surface area (Å²) in [5.41, 5.74) is 1.17. The molecule has 0 fully saturated rings. The van der Waals surface area contributed by atoms with Crippen LogP contribution in [0.15, 0.2) is 29.2 Å². The molecule has 0 aliphatic heterocycles. The fourth-order valence-electron chi connectivity index (χ4n) is 1.34. The van der Waals surface area contributed by atoms with Crippen LogP contribution in [0.2, 0.25) is 0 Å². The van der Waals surface area contributed by atoms with Gasteiger partial charge in [-0.15, -0.1) is 0 Å². The van der Waals surface area contributed by atoms with E-state index in [1.807, 2.05) is 24.3 Å². The first-order valence-electron chi connectivity index (χ1n) is 5.40. The summed E-state index contributed by atoms with van der Waals surface area (Å²) in [5, 5.41) is 12.3. The highest BCUT2D eigenvalue weighted by Crippen LogP contribution is 2.07. The highest BCUT2D eigenvalue weighted by Gasteiger charge is 1.98. The molecule has 4 heteroatoms. The highest BCUT2D eigenvalue weighted by molar-refractivity contribution is 7.84. The van der Waals surface area contributed by atoms with Crippen LogP contribution in [-0.2, 0) is 17.3 Å². The van der Waals surface area contributed by atoms with Gasteiger partial charge < -0.3 is 10.4 Å². The minimum atomic E-state index is -0.904. The Kier molecular flexibility index (Phi) is 5.66. The van der Waals surface area contributed by atoms with E-state index in [-0.39, 0.29) is 6.10 Å². The molecule has 3 nitrogen and oxygen atoms in total. The number of rotatable bonds is 6. The minimum absolute atomic E-state index is 0.252. The molecule has 0 heterocycles. The van der Waals surface area contributed by atoms with Crippen molar-refractivity contribution in [1.82, 2.24) is 5.32 Å². The zero-order chi connectivity index (χ0) is 12.0. The van der Waals surface area contributed by atoms with Gasteiger partial charge in [-0.25, -0.2) is 0 Å². The Bertz CT molecular complexity index is 335. The Morgan fingerprint density at radius 2 is 2.00 bits per heavy atom. The predicted octanol–water partition coefficient (Wildman–Crippen LogP) is 1.28. The van der Waals surface area contributed by atoms with Crippen LogP contribution in [0, 0.1) is 0 Å². The molecule has 0 spiro atoms. The van der Waals surface area contributed by atoms with Crippen LogP contribution in [0.25, 0.3) is 0 Å². The number of benzene rings is 1. The summed E-state index contributed by atoms with van der Waals surface area (Å²) in [5.74, 6) is 0. The Morgan fingerprint density at radius 3 is 2.50 bits per heavy atom. The molecule has 0 bridgehead atoms. The van der Waals surface area contributed by atoms with Crippen molar-refractivity contribution < 1.29 is 9.32 Å². The lowest BCUT2D eigenvalue weighted by Gasteiger charge is -2.07. The Labute approximate surface area is 99.3 Å². The molecule has 0 saturated carbocycles. The van der Waals surface area contributed by atoms with Gasteiger partial charge in [0.2, 0.25) is 0 Å². The zero-order valence-corrected chi connectivity index (χ0v) is 10.6. The van der Waals surface area contributed by atoms with Crippen LogP contribution >= 0.6 is 0 Å². The lowest BCUT2D eigenvalue weighted by atomic mass is 10.2. The van der Waals surface area contributed by atoms with Crippen molar-refractivity contribution in [2.24, 2.45) is 0 Å². The molecule has 0 saturated heterocycles. The van der Waals surface area contributed by atoms with E-state index in [9.17, 15) is 4.21 Å². The summed E-state index contributed by atoms with van der Waals surface area (Å²) < 4.78 is 11.2. The molecule has 0 amide bonds. The van der Waals surface area contributed by atoms with Crippen molar-refractivity contribution in [1.29, 1.82) is 0 Å². The normalized spacial score (nSPS) is 14.7. The van der Waals surface area contributed by atoms with Gasteiger partial charge >= 0.3 is 0 Å². The van der Waals surface area contributed by atoms with Gasteiger partial charge in [0, 0.05) is 28.5 Å². The molecule has 16 heavy (non-hydrogen) atoms. The number of aliphatic hydroxyl groups is 1. The third kappa shape index (κ3) is 4.88. The van der Waals surface area contributed by atoms with E-state index >= 15 is 0 Å². The molecule has 0 radical (unpaired) electrons. The first kappa shape index (κ1) is 13.4. The van der Waals surface area contributed by atoms with Gasteiger partial charge in [-0.2, -0.15) is 0 Å². The number of nitrogens with one attached hydrogen (secondary N) is 1. The Hall–Kier alpha value is -0.710. The number of aliphatic hydroxyl groups excluding tert-OH is 1. The predicted molar refractivity (Wildman–Crippen MR) is 66.8 cm³/mol. The first-order chi connectivity index (χ1) is 7.59. The summed E-state index contributed by atoms with van der Waals surface area (Å²) in [4.78, 5) is 0.854. The third-order valence-electron chi connectivity index (χ3n) is 2.32. The average molecular weight is 241 g/mol. The highest BCUT2D eigenvalue weighted by atomic mass is 32.2. The van der Waals surface area contributed by atoms with Crippen molar-refractivity contribution >= 4 is 10.8 Å². The smallest absolute Gasteiger partial charge is 0.0524 e. The molecule has 1 aromatic rings. The van der Waals surface area contributed by atoms with Gasteiger partial charge in [-0.05, 0) is 37.6 Å². The molecule has 90 valence electrons. The number of hydrogen-bond acceptors (Lipinski definition) is 3. The molecule has 2 atom stereocenters. The molecule has 0 aromatic heterocycles. The second kappa shape index (κ2) is 6.78. The van der Waals surface area contributed by atoms with Crippen LogP contribution in [0.4, 0.5) is 0 Å². The Balaban J connectivity index is 2.35. The van der Waals surface area contributed by atoms with Crippen LogP contribution < -0.4 is 5.32 Å². The van der Waals surface area contributed by atoms with Crippen LogP contribution in [-0.4, -0.2) is 28.2 Å². The quantitative estimate of drug-likeness (QED) is 0.738. The van der Waals surface area contributed by atoms with Crippen molar-refractivity contribution in [3.8, 4) is 0 Å². The van der Waals surface area contributed by atoms with Crippen molar-refractivity contribution in [3.63, 3.8) is 0 Å². The van der Waals surface area contributed by atoms with E-state index in [1.165, 1.54) is 5.56 Å². The van der Waals surface area contributed by atoms with E-state index in [4.69, 9.17) is 5.11 Å². The van der Waals surface area contributed by atoms with Crippen molar-refractivity contribution in [3.05, 3.63) is 29.8 Å². The second-order valence-corrected chi connectivity index (χ2v) is 5.29. The Morgan fingerprint density at radius 1 is 1.38 bits per heavy atom. The van der Waals surface area contributed by atoms with Gasteiger partial charge in [0.25, 0.3) is 0 Å². The SMILES string of the molecule is CC(O)CCNCc1ccc(S(C)=O)cc1. The zero-order valence-electron chi connectivity index (χ0n) is 9.77. The molecule has 0 aliphatic rings. The topological polar surface area (TPSA) is 49.3 Å². The van der Waals surface area contributed by atoms with Crippen molar-refractivity contribution in [2.75, 3.05) is 12.8 Å². The lowest BCUT2D eigenvalue weighted by Crippen LogP contribution is -2.18. The van der Waals surface area contributed by atoms with E-state index in [1.54, 1.807) is 13.2 Å². The third-order valence-corrected chi connectivity index (χ3v) is 3.26. The lowest BCUT2D eigenvalue weighted by molar-refractivity contribution is 0.183. The van der Waals surface area contributed by atoms with Gasteiger partial charge in [0.1, 0.15) is 0 Å². The summed E-state index contributed by atoms with van der Waals surface area (Å²) in [6, 6.07) is 7.74. The fourth-order valence-corrected chi connectivity index (χ4v) is 1.86. The summed E-state index contributed by atoms with van der Waals surface area (Å²) in [6.45, 7) is 3.37. The van der Waals surface area contributed by atoms with Crippen molar-refractivity contribution in [2.45, 2.75) is 30.9 Å². The first-order valence-corrected chi connectivity index (χ1v) is 6.96. The average Bonchev–Trinajstić information content (AvgIpc) is 2.25. The summed E-state index contributed by atoms with van der Waals surface area (Å²) in [7, 11) is -0.904. The molecular formula is C12H19NO2S.